The van der Waals surface area contributed by atoms with Crippen LogP contribution in [0.15, 0.2) is 12.1 Å². The van der Waals surface area contributed by atoms with Crippen molar-refractivity contribution in [2.24, 2.45) is 0 Å². The lowest BCUT2D eigenvalue weighted by atomic mass is 9.91. The molecule has 0 bridgehead atoms. The molecule has 10 heteroatoms. The third-order valence-electron chi connectivity index (χ3n) is 4.87. The molecule has 0 aromatic heterocycles. The fourth-order valence-electron chi connectivity index (χ4n) is 3.59. The number of esters is 2. The number of rotatable bonds is 6. The smallest absolute Gasteiger partial charge is 0.339 e. The van der Waals surface area contributed by atoms with Crippen LogP contribution in [0.4, 0.5) is 0 Å². The van der Waals surface area contributed by atoms with Gasteiger partial charge in [0, 0.05) is 11.1 Å². The molecule has 0 atom stereocenters. The van der Waals surface area contributed by atoms with Gasteiger partial charge in [-0.1, -0.05) is 0 Å². The topological polar surface area (TPSA) is 108 Å². The summed E-state index contributed by atoms with van der Waals surface area (Å²) in [4.78, 5) is 25.9. The van der Waals surface area contributed by atoms with E-state index in [2.05, 4.69) is 0 Å². The first-order valence-electron chi connectivity index (χ1n) is 9.72. The predicted molar refractivity (Wildman–Crippen MR) is 109 cm³/mol. The van der Waals surface area contributed by atoms with Gasteiger partial charge in [0.05, 0.1) is 38.6 Å². The van der Waals surface area contributed by atoms with Gasteiger partial charge < -0.3 is 37.9 Å². The average Bonchev–Trinajstić information content (AvgIpc) is 3.46. The van der Waals surface area contributed by atoms with E-state index in [1.54, 1.807) is 13.8 Å². The molecule has 0 saturated carbocycles. The summed E-state index contributed by atoms with van der Waals surface area (Å²) in [7, 11) is 4.12. The summed E-state index contributed by atoms with van der Waals surface area (Å²) in [5, 5.41) is 0. The summed E-state index contributed by atoms with van der Waals surface area (Å²) in [5.74, 6) is 0.187. The third kappa shape index (κ3) is 3.37. The molecule has 0 aliphatic carbocycles. The second kappa shape index (κ2) is 8.37. The Hall–Kier alpha value is -3.82. The maximum Gasteiger partial charge on any atom is 0.339 e. The summed E-state index contributed by atoms with van der Waals surface area (Å²) < 4.78 is 43.7. The van der Waals surface area contributed by atoms with E-state index < -0.39 is 18.0 Å². The van der Waals surface area contributed by atoms with Crippen molar-refractivity contribution in [2.75, 3.05) is 34.9 Å². The van der Waals surface area contributed by atoms with E-state index in [4.69, 9.17) is 37.9 Å². The van der Waals surface area contributed by atoms with Crippen LogP contribution in [0.25, 0.3) is 11.1 Å². The summed E-state index contributed by atoms with van der Waals surface area (Å²) in [6, 6.07) is 2.93. The fraction of sp³-hybridized carbons (Fsp3) is 0.364. The van der Waals surface area contributed by atoms with E-state index in [-0.39, 0.29) is 70.3 Å². The zero-order valence-electron chi connectivity index (χ0n) is 18.2. The molecule has 170 valence electrons. The number of methoxy groups -OCH3 is 3. The summed E-state index contributed by atoms with van der Waals surface area (Å²) >= 11 is 0. The number of ether oxygens (including phenoxy) is 8. The molecule has 0 fully saturated rings. The number of benzene rings is 2. The van der Waals surface area contributed by atoms with Gasteiger partial charge in [0.15, 0.2) is 23.0 Å². The zero-order valence-corrected chi connectivity index (χ0v) is 18.2. The average molecular weight is 446 g/mol. The number of carbonyl (C=O) groups is 2. The monoisotopic (exact) mass is 446 g/mol. The van der Waals surface area contributed by atoms with Crippen LogP contribution in [0, 0.1) is 0 Å². The molecule has 2 aromatic rings. The van der Waals surface area contributed by atoms with E-state index >= 15 is 0 Å². The van der Waals surface area contributed by atoms with Crippen LogP contribution in [0.5, 0.6) is 34.5 Å². The van der Waals surface area contributed by atoms with Gasteiger partial charge in [-0.2, -0.15) is 0 Å². The van der Waals surface area contributed by atoms with Crippen molar-refractivity contribution in [3.63, 3.8) is 0 Å². The number of hydrogen-bond acceptors (Lipinski definition) is 10. The molecular weight excluding hydrogens is 424 g/mol. The summed E-state index contributed by atoms with van der Waals surface area (Å²) in [6.45, 7) is 3.24. The van der Waals surface area contributed by atoms with E-state index in [1.807, 2.05) is 0 Å². The van der Waals surface area contributed by atoms with Crippen molar-refractivity contribution in [3.05, 3.63) is 23.3 Å². The van der Waals surface area contributed by atoms with Crippen molar-refractivity contribution < 1.29 is 47.5 Å². The standard InChI is InChI=1S/C22H22O10/c1-10(2)32-22(24)12-7-14(26-4)18-20(31-9-29-18)16(12)15-11(21(23)27-5)6-13(25-3)17-19(15)30-8-28-17/h6-7,10H,8-9H2,1-5H3. The quantitative estimate of drug-likeness (QED) is 0.614. The van der Waals surface area contributed by atoms with Crippen molar-refractivity contribution >= 4 is 11.9 Å². The Morgan fingerprint density at radius 2 is 1.19 bits per heavy atom. The maximum absolute atomic E-state index is 13.1. The lowest BCUT2D eigenvalue weighted by Gasteiger charge is -2.19. The molecule has 32 heavy (non-hydrogen) atoms. The van der Waals surface area contributed by atoms with Gasteiger partial charge in [-0.15, -0.1) is 0 Å². The Balaban J connectivity index is 2.10. The molecule has 10 nitrogen and oxygen atoms in total. The second-order valence-electron chi connectivity index (χ2n) is 7.08. The molecule has 2 aliphatic rings. The molecule has 2 aromatic carbocycles. The summed E-state index contributed by atoms with van der Waals surface area (Å²) in [6.07, 6.45) is -0.395. The second-order valence-corrected chi connectivity index (χ2v) is 7.08. The van der Waals surface area contributed by atoms with E-state index in [1.165, 1.54) is 33.5 Å². The molecule has 0 spiro atoms. The number of carbonyl (C=O) groups excluding carboxylic acids is 2. The van der Waals surface area contributed by atoms with E-state index in [0.717, 1.165) is 0 Å². The van der Waals surface area contributed by atoms with Crippen molar-refractivity contribution in [3.8, 4) is 45.6 Å². The molecule has 0 saturated heterocycles. The van der Waals surface area contributed by atoms with Crippen LogP contribution in [-0.4, -0.2) is 53.0 Å². The van der Waals surface area contributed by atoms with Gasteiger partial charge >= 0.3 is 11.9 Å². The molecule has 2 heterocycles. The van der Waals surface area contributed by atoms with Crippen molar-refractivity contribution in [1.82, 2.24) is 0 Å². The first-order chi connectivity index (χ1) is 15.4. The molecule has 0 N–H and O–H groups in total. The first kappa shape index (κ1) is 21.4. The number of fused-ring (bicyclic) bond motifs is 2. The van der Waals surface area contributed by atoms with Crippen LogP contribution in [-0.2, 0) is 9.47 Å². The molecule has 0 amide bonds. The molecule has 0 radical (unpaired) electrons. The molecule has 0 unspecified atom stereocenters. The largest absolute Gasteiger partial charge is 0.493 e. The van der Waals surface area contributed by atoms with Crippen molar-refractivity contribution in [2.45, 2.75) is 20.0 Å². The highest BCUT2D eigenvalue weighted by Crippen LogP contribution is 2.56. The third-order valence-corrected chi connectivity index (χ3v) is 4.87. The zero-order chi connectivity index (χ0) is 23.0. The lowest BCUT2D eigenvalue weighted by Crippen LogP contribution is -2.14. The highest BCUT2D eigenvalue weighted by atomic mass is 16.7. The highest BCUT2D eigenvalue weighted by molar-refractivity contribution is 6.08. The van der Waals surface area contributed by atoms with Crippen LogP contribution in [0.1, 0.15) is 34.6 Å². The molecule has 4 rings (SSSR count). The Bertz CT molecular complexity index is 1090. The van der Waals surface area contributed by atoms with Crippen LogP contribution < -0.4 is 28.4 Å². The number of hydrogen-bond donors (Lipinski definition) is 0. The maximum atomic E-state index is 13.1. The van der Waals surface area contributed by atoms with Crippen molar-refractivity contribution in [1.29, 1.82) is 0 Å². The minimum Gasteiger partial charge on any atom is -0.493 e. The highest BCUT2D eigenvalue weighted by Gasteiger charge is 2.37. The Morgan fingerprint density at radius 1 is 0.750 bits per heavy atom. The summed E-state index contributed by atoms with van der Waals surface area (Å²) in [5.41, 5.74) is 0.627. The minimum absolute atomic E-state index is 0.0788. The Labute approximate surface area is 183 Å². The van der Waals surface area contributed by atoms with E-state index in [0.29, 0.717) is 0 Å². The first-order valence-corrected chi connectivity index (χ1v) is 9.72. The van der Waals surface area contributed by atoms with Gasteiger partial charge in [-0.3, -0.25) is 0 Å². The van der Waals surface area contributed by atoms with Gasteiger partial charge in [0.2, 0.25) is 25.1 Å². The van der Waals surface area contributed by atoms with Crippen LogP contribution in [0.3, 0.4) is 0 Å². The van der Waals surface area contributed by atoms with Gasteiger partial charge in [0.1, 0.15) is 0 Å². The Morgan fingerprint density at radius 3 is 1.59 bits per heavy atom. The predicted octanol–water partition coefficient (Wildman–Crippen LogP) is 3.18. The van der Waals surface area contributed by atoms with Gasteiger partial charge in [0.25, 0.3) is 0 Å². The lowest BCUT2D eigenvalue weighted by molar-refractivity contribution is 0.0377. The van der Waals surface area contributed by atoms with Crippen LogP contribution >= 0.6 is 0 Å². The van der Waals surface area contributed by atoms with Gasteiger partial charge in [-0.05, 0) is 26.0 Å². The van der Waals surface area contributed by atoms with E-state index in [9.17, 15) is 9.59 Å². The normalized spacial score (nSPS) is 13.2. The molecule has 2 aliphatic heterocycles. The SMILES string of the molecule is COC(=O)c1cc(OC)c2c(c1-c1c(C(=O)OC(C)C)cc(OC)c3c1OCO3)OCO2. The van der Waals surface area contributed by atoms with Crippen LogP contribution in [0.2, 0.25) is 0 Å². The molecular formula is C22H22O10. The Kier molecular flexibility index (Phi) is 5.60. The minimum atomic E-state index is -0.678. The van der Waals surface area contributed by atoms with Gasteiger partial charge in [-0.25, -0.2) is 9.59 Å². The fourth-order valence-corrected chi connectivity index (χ4v) is 3.59.